The van der Waals surface area contributed by atoms with Crippen molar-refractivity contribution in [1.29, 1.82) is 0 Å². The Balaban J connectivity index is 1.27. The number of fused-ring (bicyclic) bond motifs is 1. The van der Waals surface area contributed by atoms with Crippen LogP contribution in [0.4, 0.5) is 0 Å². The lowest BCUT2D eigenvalue weighted by Crippen LogP contribution is -2.33. The minimum Gasteiger partial charge on any atom is -0.459 e. The molecule has 2 amide bonds. The third kappa shape index (κ3) is 3.85. The molecule has 2 atom stereocenters. The number of rotatable bonds is 6. The zero-order valence-electron chi connectivity index (χ0n) is 15.5. The zero-order valence-corrected chi connectivity index (χ0v) is 16.3. The minimum atomic E-state index is -0.426. The minimum absolute atomic E-state index is 0.0204. The number of aromatic nitrogens is 1. The molecule has 2 fully saturated rings. The van der Waals surface area contributed by atoms with E-state index in [9.17, 15) is 14.4 Å². The van der Waals surface area contributed by atoms with Gasteiger partial charge in [0.05, 0.1) is 24.0 Å². The van der Waals surface area contributed by atoms with Gasteiger partial charge >= 0.3 is 5.97 Å². The van der Waals surface area contributed by atoms with E-state index in [1.54, 1.807) is 0 Å². The number of likely N-dealkylation sites (tertiary alicyclic amines) is 1. The van der Waals surface area contributed by atoms with Crippen molar-refractivity contribution in [1.82, 2.24) is 9.88 Å². The Labute approximate surface area is 167 Å². The van der Waals surface area contributed by atoms with Gasteiger partial charge in [-0.2, -0.15) is 0 Å². The first-order valence-corrected chi connectivity index (χ1v) is 10.5. The summed E-state index contributed by atoms with van der Waals surface area (Å²) in [5.74, 6) is -1.01. The van der Waals surface area contributed by atoms with Gasteiger partial charge in [0.25, 0.3) is 0 Å². The Kier molecular flexibility index (Phi) is 5.52. The number of hydrogen-bond acceptors (Lipinski definition) is 6. The first-order chi connectivity index (χ1) is 13.6. The van der Waals surface area contributed by atoms with E-state index in [-0.39, 0.29) is 43.2 Å². The Morgan fingerprint density at radius 1 is 1.11 bits per heavy atom. The van der Waals surface area contributed by atoms with Gasteiger partial charge in [0.2, 0.25) is 11.8 Å². The van der Waals surface area contributed by atoms with Crippen molar-refractivity contribution < 1.29 is 19.1 Å². The summed E-state index contributed by atoms with van der Waals surface area (Å²) in [5, 5.41) is 2.75. The molecule has 1 aliphatic carbocycles. The summed E-state index contributed by atoms with van der Waals surface area (Å²) in [6.45, 7) is 0.200. The highest BCUT2D eigenvalue weighted by Crippen LogP contribution is 2.38. The SMILES string of the molecule is O=C(CCN1C(=O)[C@@H]2CCCC[C@H]2C1=O)OCc1csc(-c2ccccc2)n1. The van der Waals surface area contributed by atoms with Crippen LogP contribution < -0.4 is 0 Å². The summed E-state index contributed by atoms with van der Waals surface area (Å²) in [7, 11) is 0. The number of amides is 2. The van der Waals surface area contributed by atoms with E-state index in [0.717, 1.165) is 36.3 Å². The normalized spacial score (nSPS) is 21.6. The molecule has 2 aromatic rings. The lowest BCUT2D eigenvalue weighted by molar-refractivity contribution is -0.146. The van der Waals surface area contributed by atoms with Gasteiger partial charge in [0.1, 0.15) is 11.6 Å². The monoisotopic (exact) mass is 398 g/mol. The fourth-order valence-corrected chi connectivity index (χ4v) is 4.78. The van der Waals surface area contributed by atoms with Crippen LogP contribution >= 0.6 is 11.3 Å². The molecular formula is C21H22N2O4S. The maximum Gasteiger partial charge on any atom is 0.307 e. The molecule has 1 aromatic heterocycles. The molecule has 0 N–H and O–H groups in total. The van der Waals surface area contributed by atoms with E-state index in [1.807, 2.05) is 35.7 Å². The molecule has 6 nitrogen and oxygen atoms in total. The number of carbonyl (C=O) groups is 3. The van der Waals surface area contributed by atoms with Gasteiger partial charge < -0.3 is 4.74 Å². The average molecular weight is 398 g/mol. The van der Waals surface area contributed by atoms with Crippen LogP contribution in [0.2, 0.25) is 0 Å². The lowest BCUT2D eigenvalue weighted by atomic mass is 9.81. The molecule has 7 heteroatoms. The van der Waals surface area contributed by atoms with E-state index in [4.69, 9.17) is 4.74 Å². The van der Waals surface area contributed by atoms with Crippen LogP contribution in [0, 0.1) is 11.8 Å². The number of hydrogen-bond donors (Lipinski definition) is 0. The van der Waals surface area contributed by atoms with Crippen molar-refractivity contribution >= 4 is 29.1 Å². The highest BCUT2D eigenvalue weighted by Gasteiger charge is 2.47. The molecule has 1 aliphatic heterocycles. The molecule has 4 rings (SSSR count). The predicted molar refractivity (Wildman–Crippen MR) is 104 cm³/mol. The lowest BCUT2D eigenvalue weighted by Gasteiger charge is -2.19. The highest BCUT2D eigenvalue weighted by atomic mass is 32.1. The number of ether oxygens (including phenoxy) is 1. The quantitative estimate of drug-likeness (QED) is 0.550. The third-order valence-electron chi connectivity index (χ3n) is 5.43. The molecule has 28 heavy (non-hydrogen) atoms. The number of benzene rings is 1. The molecule has 0 radical (unpaired) electrons. The average Bonchev–Trinajstić information content (AvgIpc) is 3.30. The maximum absolute atomic E-state index is 12.4. The van der Waals surface area contributed by atoms with Gasteiger partial charge in [-0.3, -0.25) is 19.3 Å². The zero-order chi connectivity index (χ0) is 19.5. The Bertz CT molecular complexity index is 856. The Hall–Kier alpha value is -2.54. The van der Waals surface area contributed by atoms with Crippen LogP contribution in [-0.4, -0.2) is 34.2 Å². The van der Waals surface area contributed by atoms with Crippen molar-refractivity contribution in [2.45, 2.75) is 38.7 Å². The summed E-state index contributed by atoms with van der Waals surface area (Å²) in [5.41, 5.74) is 1.72. The molecular weight excluding hydrogens is 376 g/mol. The van der Waals surface area contributed by atoms with Crippen LogP contribution in [0.3, 0.4) is 0 Å². The van der Waals surface area contributed by atoms with Crippen molar-refractivity contribution in [3.05, 3.63) is 41.4 Å². The van der Waals surface area contributed by atoms with E-state index in [2.05, 4.69) is 4.98 Å². The van der Waals surface area contributed by atoms with Crippen molar-refractivity contribution in [3.8, 4) is 10.6 Å². The number of nitrogens with zero attached hydrogens (tertiary/aromatic N) is 2. The molecule has 0 spiro atoms. The Morgan fingerprint density at radius 3 is 2.46 bits per heavy atom. The second-order valence-corrected chi connectivity index (χ2v) is 8.10. The van der Waals surface area contributed by atoms with Crippen LogP contribution in [0.5, 0.6) is 0 Å². The molecule has 1 saturated carbocycles. The van der Waals surface area contributed by atoms with Gasteiger partial charge in [-0.05, 0) is 12.8 Å². The number of esters is 1. The van der Waals surface area contributed by atoms with Crippen molar-refractivity contribution in [2.24, 2.45) is 11.8 Å². The Morgan fingerprint density at radius 2 is 1.79 bits per heavy atom. The van der Waals surface area contributed by atoms with E-state index >= 15 is 0 Å². The van der Waals surface area contributed by atoms with Gasteiger partial charge in [-0.25, -0.2) is 4.98 Å². The molecule has 146 valence electrons. The van der Waals surface area contributed by atoms with Crippen LogP contribution in [0.1, 0.15) is 37.8 Å². The smallest absolute Gasteiger partial charge is 0.307 e. The fraction of sp³-hybridized carbons (Fsp3) is 0.429. The number of carbonyl (C=O) groups excluding carboxylic acids is 3. The molecule has 2 heterocycles. The summed E-state index contributed by atoms with van der Waals surface area (Å²) >= 11 is 1.50. The summed E-state index contributed by atoms with van der Waals surface area (Å²) < 4.78 is 5.28. The first-order valence-electron chi connectivity index (χ1n) is 9.64. The second kappa shape index (κ2) is 8.22. The second-order valence-electron chi connectivity index (χ2n) is 7.25. The maximum atomic E-state index is 12.4. The molecule has 1 aromatic carbocycles. The van der Waals surface area contributed by atoms with Crippen molar-refractivity contribution in [2.75, 3.05) is 6.54 Å². The third-order valence-corrected chi connectivity index (χ3v) is 6.37. The standard InChI is InChI=1S/C21H22N2O4S/c24-18(10-11-23-20(25)16-8-4-5-9-17(16)21(23)26)27-12-15-13-28-19(22-15)14-6-2-1-3-7-14/h1-3,6-7,13,16-17H,4-5,8-12H2/t16-,17-/m1/s1. The van der Waals surface area contributed by atoms with Crippen LogP contribution in [0.15, 0.2) is 35.7 Å². The van der Waals surface area contributed by atoms with E-state index in [1.165, 1.54) is 16.2 Å². The summed E-state index contributed by atoms with van der Waals surface area (Å²) in [6, 6.07) is 9.82. The molecule has 1 saturated heterocycles. The molecule has 2 aliphatic rings. The topological polar surface area (TPSA) is 76.6 Å². The molecule has 0 unspecified atom stereocenters. The predicted octanol–water partition coefficient (Wildman–Crippen LogP) is 3.42. The summed E-state index contributed by atoms with van der Waals surface area (Å²) in [6.07, 6.45) is 3.57. The first kappa shape index (κ1) is 18.8. The summed E-state index contributed by atoms with van der Waals surface area (Å²) in [4.78, 5) is 42.7. The number of thiazole rings is 1. The van der Waals surface area contributed by atoms with Crippen LogP contribution in [0.25, 0.3) is 10.6 Å². The molecule has 0 bridgehead atoms. The number of imide groups is 1. The van der Waals surface area contributed by atoms with E-state index in [0.29, 0.717) is 5.69 Å². The van der Waals surface area contributed by atoms with E-state index < -0.39 is 5.97 Å². The van der Waals surface area contributed by atoms with Gasteiger partial charge in [0, 0.05) is 17.5 Å². The fourth-order valence-electron chi connectivity index (χ4n) is 3.97. The highest BCUT2D eigenvalue weighted by molar-refractivity contribution is 7.13. The van der Waals surface area contributed by atoms with Gasteiger partial charge in [0.15, 0.2) is 0 Å². The van der Waals surface area contributed by atoms with Gasteiger partial charge in [-0.15, -0.1) is 11.3 Å². The van der Waals surface area contributed by atoms with Crippen molar-refractivity contribution in [3.63, 3.8) is 0 Å². The largest absolute Gasteiger partial charge is 0.459 e. The van der Waals surface area contributed by atoms with Gasteiger partial charge in [-0.1, -0.05) is 43.2 Å². The van der Waals surface area contributed by atoms with Crippen LogP contribution in [-0.2, 0) is 25.7 Å².